The number of aromatic nitrogens is 4. The first-order valence-electron chi connectivity index (χ1n) is 9.17. The number of carbonyl (C=O) groups excluding carboxylic acids is 1. The molecule has 0 unspecified atom stereocenters. The van der Waals surface area contributed by atoms with Gasteiger partial charge in [0.25, 0.3) is 5.91 Å². The predicted molar refractivity (Wildman–Crippen MR) is 105 cm³/mol. The zero-order chi connectivity index (χ0) is 20.9. The van der Waals surface area contributed by atoms with Gasteiger partial charge in [0.2, 0.25) is 5.95 Å². The number of hydrogen-bond acceptors (Lipinski definition) is 6. The maximum atomic E-state index is 13.0. The van der Waals surface area contributed by atoms with Crippen LogP contribution in [0.15, 0.2) is 65.4 Å². The van der Waals surface area contributed by atoms with Crippen molar-refractivity contribution in [3.63, 3.8) is 0 Å². The van der Waals surface area contributed by atoms with Gasteiger partial charge in [0, 0.05) is 0 Å². The van der Waals surface area contributed by atoms with E-state index in [1.807, 2.05) is 30.3 Å². The molecule has 0 radical (unpaired) electrons. The fourth-order valence-corrected chi connectivity index (χ4v) is 2.78. The van der Waals surface area contributed by atoms with E-state index >= 15 is 0 Å². The number of amides is 1. The highest BCUT2D eigenvalue weighted by atomic mass is 19.1. The second-order valence-corrected chi connectivity index (χ2v) is 6.51. The van der Waals surface area contributed by atoms with E-state index in [9.17, 15) is 9.18 Å². The van der Waals surface area contributed by atoms with Crippen LogP contribution in [0, 0.1) is 12.7 Å². The Kier molecular flexibility index (Phi) is 5.51. The summed E-state index contributed by atoms with van der Waals surface area (Å²) >= 11 is 0. The molecule has 0 spiro atoms. The highest BCUT2D eigenvalue weighted by Crippen LogP contribution is 2.18. The maximum absolute atomic E-state index is 13.0. The molecular weight excluding hydrogens is 389 g/mol. The molecule has 0 saturated carbocycles. The van der Waals surface area contributed by atoms with Crippen molar-refractivity contribution in [2.45, 2.75) is 20.1 Å². The molecule has 1 N–H and O–H groups in total. The zero-order valence-electron chi connectivity index (χ0n) is 16.1. The topological polar surface area (TPSA) is 95.1 Å². The summed E-state index contributed by atoms with van der Waals surface area (Å²) in [5, 5.41) is 10.7. The summed E-state index contributed by atoms with van der Waals surface area (Å²) in [6.45, 7) is 2.24. The minimum atomic E-state index is -0.502. The third-order valence-electron chi connectivity index (χ3n) is 4.35. The van der Waals surface area contributed by atoms with Gasteiger partial charge in [-0.05, 0) is 36.8 Å². The lowest BCUT2D eigenvalue weighted by molar-refractivity contribution is 0.101. The Labute approximate surface area is 171 Å². The van der Waals surface area contributed by atoms with Gasteiger partial charge < -0.3 is 9.26 Å². The van der Waals surface area contributed by atoms with Crippen molar-refractivity contribution < 1.29 is 18.4 Å². The highest BCUT2D eigenvalue weighted by Gasteiger charge is 2.21. The smallest absolute Gasteiger partial charge is 0.280 e. The summed E-state index contributed by atoms with van der Waals surface area (Å²) in [6, 6.07) is 15.3. The van der Waals surface area contributed by atoms with Gasteiger partial charge in [-0.3, -0.25) is 10.1 Å². The molecule has 0 saturated heterocycles. The molecule has 0 aliphatic rings. The Balaban J connectivity index is 1.42. The Hall–Kier alpha value is -4.01. The molecule has 152 valence electrons. The molecule has 1 amide bonds. The van der Waals surface area contributed by atoms with Gasteiger partial charge >= 0.3 is 0 Å². The number of hydrogen-bond donors (Lipinski definition) is 1. The molecule has 0 aliphatic heterocycles. The molecule has 30 heavy (non-hydrogen) atoms. The van der Waals surface area contributed by atoms with Gasteiger partial charge in [-0.25, -0.2) is 14.1 Å². The molecular formula is C21H18FN5O3. The molecule has 9 heteroatoms. The first-order valence-corrected chi connectivity index (χ1v) is 9.17. The van der Waals surface area contributed by atoms with Gasteiger partial charge in [0.1, 0.15) is 30.3 Å². The zero-order valence-corrected chi connectivity index (χ0v) is 16.1. The van der Waals surface area contributed by atoms with Crippen LogP contribution in [-0.2, 0) is 13.2 Å². The van der Waals surface area contributed by atoms with Crippen LogP contribution in [0.2, 0.25) is 0 Å². The fourth-order valence-electron chi connectivity index (χ4n) is 2.78. The number of carbonyl (C=O) groups is 1. The van der Waals surface area contributed by atoms with Crippen LogP contribution in [0.1, 0.15) is 27.4 Å². The fraction of sp³-hybridized carbons (Fsp3) is 0.143. The largest absolute Gasteiger partial charge is 0.489 e. The second-order valence-electron chi connectivity index (χ2n) is 6.51. The molecule has 0 aliphatic carbocycles. The summed E-state index contributed by atoms with van der Waals surface area (Å²) < 4.78 is 25.4. The van der Waals surface area contributed by atoms with Crippen molar-refractivity contribution in [1.82, 2.24) is 19.9 Å². The van der Waals surface area contributed by atoms with Crippen LogP contribution in [0.4, 0.5) is 10.3 Å². The molecule has 0 fully saturated rings. The third kappa shape index (κ3) is 4.52. The number of aryl methyl sites for hydroxylation is 1. The van der Waals surface area contributed by atoms with Crippen molar-refractivity contribution in [2.24, 2.45) is 0 Å². The summed E-state index contributed by atoms with van der Waals surface area (Å²) in [5.41, 5.74) is 1.51. The minimum Gasteiger partial charge on any atom is -0.489 e. The van der Waals surface area contributed by atoms with Crippen molar-refractivity contribution in [1.29, 1.82) is 0 Å². The number of nitrogens with zero attached hydrogens (tertiary/aromatic N) is 4. The second kappa shape index (κ2) is 8.56. The van der Waals surface area contributed by atoms with Crippen LogP contribution >= 0.6 is 0 Å². The first kappa shape index (κ1) is 19.3. The summed E-state index contributed by atoms with van der Waals surface area (Å²) in [5.74, 6) is 0.479. The SMILES string of the molecule is Cc1onc(C(=O)Nc2ncn(Cc3ccc(F)cc3)n2)c1COc1ccccc1. The monoisotopic (exact) mass is 407 g/mol. The number of benzene rings is 2. The summed E-state index contributed by atoms with van der Waals surface area (Å²) in [6.07, 6.45) is 1.48. The predicted octanol–water partition coefficient (Wildman–Crippen LogP) is 3.59. The standard InChI is InChI=1S/C21H18FN5O3/c1-14-18(12-29-17-5-3-2-4-6-17)19(26-30-14)20(28)24-21-23-13-27(25-21)11-15-7-9-16(22)10-8-15/h2-10,13H,11-12H2,1H3,(H,24,25,28). The van der Waals surface area contributed by atoms with Crippen molar-refractivity contribution in [2.75, 3.05) is 5.32 Å². The van der Waals surface area contributed by atoms with E-state index in [2.05, 4.69) is 20.6 Å². The normalized spacial score (nSPS) is 10.7. The molecule has 2 aromatic heterocycles. The average molecular weight is 407 g/mol. The Morgan fingerprint density at radius 1 is 1.17 bits per heavy atom. The van der Waals surface area contributed by atoms with E-state index < -0.39 is 5.91 Å². The lowest BCUT2D eigenvalue weighted by Gasteiger charge is -2.06. The Bertz CT molecular complexity index is 1140. The number of anilines is 1. The minimum absolute atomic E-state index is 0.110. The van der Waals surface area contributed by atoms with Crippen LogP contribution in [0.3, 0.4) is 0 Å². The molecule has 4 rings (SSSR count). The van der Waals surface area contributed by atoms with Gasteiger partial charge in [-0.15, -0.1) is 5.10 Å². The Morgan fingerprint density at radius 3 is 2.70 bits per heavy atom. The Morgan fingerprint density at radius 2 is 1.93 bits per heavy atom. The van der Waals surface area contributed by atoms with Gasteiger partial charge in [-0.2, -0.15) is 0 Å². The average Bonchev–Trinajstić information content (AvgIpc) is 3.35. The molecule has 4 aromatic rings. The number of halogens is 1. The van der Waals surface area contributed by atoms with E-state index in [4.69, 9.17) is 9.26 Å². The van der Waals surface area contributed by atoms with Crippen molar-refractivity contribution >= 4 is 11.9 Å². The molecule has 8 nitrogen and oxygen atoms in total. The van der Waals surface area contributed by atoms with Gasteiger partial charge in [0.05, 0.1) is 12.1 Å². The summed E-state index contributed by atoms with van der Waals surface area (Å²) in [4.78, 5) is 16.7. The number of nitrogens with one attached hydrogen (secondary N) is 1. The number of ether oxygens (including phenoxy) is 1. The van der Waals surface area contributed by atoms with Crippen LogP contribution in [0.25, 0.3) is 0 Å². The molecule has 0 atom stereocenters. The molecule has 2 heterocycles. The lowest BCUT2D eigenvalue weighted by atomic mass is 10.2. The van der Waals surface area contributed by atoms with E-state index in [0.29, 0.717) is 23.6 Å². The lowest BCUT2D eigenvalue weighted by Crippen LogP contribution is -2.16. The maximum Gasteiger partial charge on any atom is 0.280 e. The number of para-hydroxylation sites is 1. The van der Waals surface area contributed by atoms with Crippen LogP contribution in [-0.4, -0.2) is 25.8 Å². The van der Waals surface area contributed by atoms with E-state index in [1.165, 1.54) is 23.1 Å². The van der Waals surface area contributed by atoms with Gasteiger partial charge in [-0.1, -0.05) is 35.5 Å². The third-order valence-corrected chi connectivity index (χ3v) is 4.35. The summed E-state index contributed by atoms with van der Waals surface area (Å²) in [7, 11) is 0. The van der Waals surface area contributed by atoms with Crippen molar-refractivity contribution in [3.05, 3.63) is 89.3 Å². The van der Waals surface area contributed by atoms with Crippen molar-refractivity contribution in [3.8, 4) is 5.75 Å². The molecule has 2 aromatic carbocycles. The van der Waals surface area contributed by atoms with Crippen LogP contribution in [0.5, 0.6) is 5.75 Å². The first-order chi connectivity index (χ1) is 14.6. The van der Waals surface area contributed by atoms with Gasteiger partial charge in [0.15, 0.2) is 5.69 Å². The van der Waals surface area contributed by atoms with Crippen LogP contribution < -0.4 is 10.1 Å². The van der Waals surface area contributed by atoms with E-state index in [1.54, 1.807) is 19.1 Å². The van der Waals surface area contributed by atoms with E-state index in [0.717, 1.165) is 5.56 Å². The highest BCUT2D eigenvalue weighted by molar-refractivity contribution is 6.02. The molecule has 0 bridgehead atoms. The van der Waals surface area contributed by atoms with E-state index in [-0.39, 0.29) is 24.1 Å². The number of rotatable bonds is 7. The quantitative estimate of drug-likeness (QED) is 0.503.